The third-order valence-electron chi connectivity index (χ3n) is 5.20. The first-order valence-electron chi connectivity index (χ1n) is 9.98. The summed E-state index contributed by atoms with van der Waals surface area (Å²) < 4.78 is 0. The lowest BCUT2D eigenvalue weighted by Crippen LogP contribution is -2.33. The van der Waals surface area contributed by atoms with Gasteiger partial charge in [-0.3, -0.25) is 9.59 Å². The molecule has 32 heavy (non-hydrogen) atoms. The van der Waals surface area contributed by atoms with Gasteiger partial charge in [-0.2, -0.15) is 10.4 Å². The number of nitriles is 1. The second-order valence-corrected chi connectivity index (χ2v) is 8.22. The van der Waals surface area contributed by atoms with Crippen molar-refractivity contribution in [2.24, 2.45) is 5.10 Å². The summed E-state index contributed by atoms with van der Waals surface area (Å²) in [7, 11) is 0. The zero-order valence-corrected chi connectivity index (χ0v) is 18.1. The van der Waals surface area contributed by atoms with Crippen LogP contribution in [-0.2, 0) is 9.59 Å². The number of anilines is 2. The summed E-state index contributed by atoms with van der Waals surface area (Å²) >= 11 is 1.23. The molecule has 2 amide bonds. The normalized spacial score (nSPS) is 16.0. The summed E-state index contributed by atoms with van der Waals surface area (Å²) in [6, 6.07) is 17.0. The van der Waals surface area contributed by atoms with Gasteiger partial charge in [-0.25, -0.2) is 10.4 Å². The molecule has 2 heterocycles. The van der Waals surface area contributed by atoms with E-state index < -0.39 is 0 Å². The van der Waals surface area contributed by atoms with E-state index >= 15 is 0 Å². The Labute approximate surface area is 189 Å². The van der Waals surface area contributed by atoms with Crippen molar-refractivity contribution in [2.75, 3.05) is 16.8 Å². The van der Waals surface area contributed by atoms with Gasteiger partial charge >= 0.3 is 0 Å². The van der Waals surface area contributed by atoms with Crippen molar-refractivity contribution >= 4 is 40.2 Å². The van der Waals surface area contributed by atoms with Crippen LogP contribution in [0.5, 0.6) is 0 Å². The fraction of sp³-hybridized carbons (Fsp3) is 0.174. The van der Waals surface area contributed by atoms with E-state index in [-0.39, 0.29) is 11.9 Å². The largest absolute Gasteiger partial charge is 0.350 e. The summed E-state index contributed by atoms with van der Waals surface area (Å²) in [4.78, 5) is 30.1. The first-order valence-corrected chi connectivity index (χ1v) is 10.8. The number of nitrogens with one attached hydrogen (secondary N) is 2. The van der Waals surface area contributed by atoms with Crippen molar-refractivity contribution in [2.45, 2.75) is 19.4 Å². The molecule has 2 aromatic carbocycles. The predicted molar refractivity (Wildman–Crippen MR) is 124 cm³/mol. The topological polar surface area (TPSA) is 110 Å². The van der Waals surface area contributed by atoms with Crippen LogP contribution in [0.1, 0.15) is 28.0 Å². The number of hydrazone groups is 1. The van der Waals surface area contributed by atoms with Crippen molar-refractivity contribution in [1.82, 2.24) is 10.4 Å². The standard InChI is InChI=1S/C23H20N6O2S/c1-15-4-2-3-5-19(15)21(28-26-14-30)16-6-8-17(9-7-16)29-11-10-20(22(29)31)27-23-25-13-18(12-24)32-23/h2-9,13-14,20H,10-11H2,1H3,(H,25,27)(H,26,30)/b28-21-. The van der Waals surface area contributed by atoms with Crippen LogP contribution in [0.15, 0.2) is 59.8 Å². The number of aryl methyl sites for hydroxylation is 1. The van der Waals surface area contributed by atoms with Crippen LogP contribution >= 0.6 is 11.3 Å². The Morgan fingerprint density at radius 3 is 2.75 bits per heavy atom. The number of rotatable bonds is 7. The van der Waals surface area contributed by atoms with Crippen LogP contribution in [0.25, 0.3) is 0 Å². The molecule has 0 saturated carbocycles. The molecule has 1 aliphatic heterocycles. The highest BCUT2D eigenvalue weighted by Crippen LogP contribution is 2.26. The zero-order chi connectivity index (χ0) is 22.5. The molecule has 0 aliphatic carbocycles. The molecule has 0 spiro atoms. The van der Waals surface area contributed by atoms with E-state index in [4.69, 9.17) is 5.26 Å². The van der Waals surface area contributed by atoms with Crippen LogP contribution in [-0.4, -0.2) is 35.6 Å². The molecule has 1 aliphatic rings. The van der Waals surface area contributed by atoms with Gasteiger partial charge in [0.1, 0.15) is 17.0 Å². The third kappa shape index (κ3) is 4.36. The number of hydrogen-bond acceptors (Lipinski definition) is 7. The molecule has 9 heteroatoms. The minimum absolute atomic E-state index is 0.0399. The molecule has 1 fully saturated rings. The van der Waals surface area contributed by atoms with Crippen molar-refractivity contribution in [3.05, 3.63) is 76.3 Å². The molecule has 1 atom stereocenters. The van der Waals surface area contributed by atoms with Crippen molar-refractivity contribution in [1.29, 1.82) is 5.26 Å². The highest BCUT2D eigenvalue weighted by Gasteiger charge is 2.33. The van der Waals surface area contributed by atoms with E-state index in [1.165, 1.54) is 17.5 Å². The smallest absolute Gasteiger partial charge is 0.249 e. The maximum Gasteiger partial charge on any atom is 0.249 e. The average Bonchev–Trinajstić information content (AvgIpc) is 3.42. The molecule has 3 aromatic rings. The molecule has 1 aromatic heterocycles. The zero-order valence-electron chi connectivity index (χ0n) is 17.3. The predicted octanol–water partition coefficient (Wildman–Crippen LogP) is 3.04. The van der Waals surface area contributed by atoms with E-state index in [0.29, 0.717) is 35.1 Å². The highest BCUT2D eigenvalue weighted by molar-refractivity contribution is 7.16. The quantitative estimate of drug-likeness (QED) is 0.331. The molecule has 0 bridgehead atoms. The summed E-state index contributed by atoms with van der Waals surface area (Å²) in [6.07, 6.45) is 2.67. The monoisotopic (exact) mass is 444 g/mol. The Bertz CT molecular complexity index is 1210. The molecular weight excluding hydrogens is 424 g/mol. The summed E-state index contributed by atoms with van der Waals surface area (Å²) in [6.45, 7) is 2.57. The van der Waals surface area contributed by atoms with Crippen molar-refractivity contribution in [3.8, 4) is 6.07 Å². The van der Waals surface area contributed by atoms with E-state index in [0.717, 1.165) is 22.4 Å². The van der Waals surface area contributed by atoms with Crippen molar-refractivity contribution in [3.63, 3.8) is 0 Å². The van der Waals surface area contributed by atoms with Gasteiger partial charge in [-0.05, 0) is 31.0 Å². The van der Waals surface area contributed by atoms with Crippen LogP contribution in [0.4, 0.5) is 10.8 Å². The van der Waals surface area contributed by atoms with Gasteiger partial charge in [0.25, 0.3) is 0 Å². The summed E-state index contributed by atoms with van der Waals surface area (Å²) in [5.41, 5.74) is 6.60. The lowest BCUT2D eigenvalue weighted by Gasteiger charge is -2.18. The maximum absolute atomic E-state index is 12.9. The minimum Gasteiger partial charge on any atom is -0.350 e. The Morgan fingerprint density at radius 2 is 2.06 bits per heavy atom. The number of carbonyl (C=O) groups is 2. The number of benzene rings is 2. The molecule has 160 valence electrons. The van der Waals surface area contributed by atoms with Crippen LogP contribution in [0, 0.1) is 18.3 Å². The first kappa shape index (κ1) is 21.2. The number of hydrogen-bond donors (Lipinski definition) is 2. The fourth-order valence-corrected chi connectivity index (χ4v) is 4.29. The SMILES string of the molecule is Cc1ccccc1/C(=N\NC=O)c1ccc(N2CCC(Nc3ncc(C#N)s3)C2=O)cc1. The van der Waals surface area contributed by atoms with Crippen LogP contribution in [0.2, 0.25) is 0 Å². The van der Waals surface area contributed by atoms with Gasteiger partial charge < -0.3 is 10.2 Å². The Morgan fingerprint density at radius 1 is 1.28 bits per heavy atom. The van der Waals surface area contributed by atoms with Gasteiger partial charge in [0.15, 0.2) is 5.13 Å². The number of thiazole rings is 1. The maximum atomic E-state index is 12.9. The van der Waals surface area contributed by atoms with E-state index in [2.05, 4.69) is 20.8 Å². The molecule has 2 N–H and O–H groups in total. The lowest BCUT2D eigenvalue weighted by atomic mass is 9.98. The molecule has 8 nitrogen and oxygen atoms in total. The van der Waals surface area contributed by atoms with Gasteiger partial charge in [0.2, 0.25) is 12.3 Å². The van der Waals surface area contributed by atoms with Gasteiger partial charge in [0, 0.05) is 23.4 Å². The van der Waals surface area contributed by atoms with E-state index in [1.54, 1.807) is 4.90 Å². The van der Waals surface area contributed by atoms with E-state index in [1.807, 2.05) is 61.5 Å². The average molecular weight is 445 g/mol. The van der Waals surface area contributed by atoms with Crippen LogP contribution < -0.4 is 15.6 Å². The third-order valence-corrected chi connectivity index (χ3v) is 6.03. The Hall–Kier alpha value is -4.03. The molecule has 0 radical (unpaired) electrons. The van der Waals surface area contributed by atoms with Gasteiger partial charge in [-0.1, -0.05) is 47.7 Å². The molecule has 1 saturated heterocycles. The molecule has 4 rings (SSSR count). The highest BCUT2D eigenvalue weighted by atomic mass is 32.1. The van der Waals surface area contributed by atoms with Gasteiger partial charge in [0.05, 0.1) is 11.9 Å². The number of amides is 2. The number of nitrogens with zero attached hydrogens (tertiary/aromatic N) is 4. The van der Waals surface area contributed by atoms with Crippen LogP contribution in [0.3, 0.4) is 0 Å². The molecule has 1 unspecified atom stereocenters. The number of carbonyl (C=O) groups excluding carboxylic acids is 2. The summed E-state index contributed by atoms with van der Waals surface area (Å²) in [5.74, 6) is -0.0399. The van der Waals surface area contributed by atoms with Crippen molar-refractivity contribution < 1.29 is 9.59 Å². The first-order chi connectivity index (χ1) is 15.6. The minimum atomic E-state index is -0.381. The molecular formula is C23H20N6O2S. The summed E-state index contributed by atoms with van der Waals surface area (Å²) in [5, 5.41) is 16.9. The van der Waals surface area contributed by atoms with E-state index in [9.17, 15) is 9.59 Å². The van der Waals surface area contributed by atoms with Gasteiger partial charge in [-0.15, -0.1) is 0 Å². The second kappa shape index (κ2) is 9.41. The fourth-order valence-electron chi connectivity index (χ4n) is 3.62. The Kier molecular flexibility index (Phi) is 6.24. The lowest BCUT2D eigenvalue weighted by molar-refractivity contribution is -0.117. The Balaban J connectivity index is 1.52. The second-order valence-electron chi connectivity index (χ2n) is 7.19. The number of aromatic nitrogens is 1.